The van der Waals surface area contributed by atoms with E-state index in [9.17, 15) is 9.59 Å². The summed E-state index contributed by atoms with van der Waals surface area (Å²) < 4.78 is 16.2. The fraction of sp³-hybridized carbons (Fsp3) is 0.300. The number of para-hydroxylation sites is 2. The van der Waals surface area contributed by atoms with Crippen LogP contribution in [-0.4, -0.2) is 52.3 Å². The van der Waals surface area contributed by atoms with Crippen LogP contribution < -0.4 is 29.7 Å². The summed E-state index contributed by atoms with van der Waals surface area (Å²) in [6, 6.07) is 12.5. The van der Waals surface area contributed by atoms with E-state index in [-0.39, 0.29) is 24.9 Å². The highest BCUT2D eigenvalue weighted by atomic mass is 16.5. The number of rotatable bonds is 6. The molecule has 2 aromatic rings. The molecule has 0 aromatic heterocycles. The van der Waals surface area contributed by atoms with Crippen LogP contribution in [0.4, 0.5) is 11.4 Å². The van der Waals surface area contributed by atoms with Crippen LogP contribution in [0.25, 0.3) is 0 Å². The van der Waals surface area contributed by atoms with Gasteiger partial charge < -0.3 is 29.7 Å². The second-order valence-corrected chi connectivity index (χ2v) is 6.22. The molecule has 0 fully saturated rings. The summed E-state index contributed by atoms with van der Waals surface area (Å²) in [5, 5.41) is 5.43. The van der Waals surface area contributed by atoms with Gasteiger partial charge in [-0.1, -0.05) is 12.1 Å². The molecule has 0 spiro atoms. The van der Waals surface area contributed by atoms with E-state index in [2.05, 4.69) is 10.6 Å². The minimum Gasteiger partial charge on any atom is -0.497 e. The molecule has 8 nitrogen and oxygen atoms in total. The molecule has 0 aliphatic carbocycles. The first-order valence-electron chi connectivity index (χ1n) is 8.79. The molecule has 1 aliphatic rings. The Labute approximate surface area is 163 Å². The molecule has 1 heterocycles. The van der Waals surface area contributed by atoms with Crippen molar-refractivity contribution in [3.63, 3.8) is 0 Å². The lowest BCUT2D eigenvalue weighted by atomic mass is 10.1. The number of nitrogens with one attached hydrogen (secondary N) is 2. The van der Waals surface area contributed by atoms with Crippen molar-refractivity contribution in [1.82, 2.24) is 5.32 Å². The van der Waals surface area contributed by atoms with Gasteiger partial charge in [0.05, 0.1) is 33.0 Å². The molecular weight excluding hydrogens is 362 g/mol. The highest BCUT2D eigenvalue weighted by Gasteiger charge is 2.31. The first-order valence-corrected chi connectivity index (χ1v) is 8.79. The van der Waals surface area contributed by atoms with Gasteiger partial charge in [0.2, 0.25) is 5.91 Å². The number of hydrogen-bond acceptors (Lipinski definition) is 6. The summed E-state index contributed by atoms with van der Waals surface area (Å²) in [5.74, 6) is 1.25. The number of carbonyl (C=O) groups is 2. The largest absolute Gasteiger partial charge is 0.497 e. The Morgan fingerprint density at radius 2 is 1.82 bits per heavy atom. The Kier molecular flexibility index (Phi) is 5.88. The van der Waals surface area contributed by atoms with Crippen molar-refractivity contribution in [3.05, 3.63) is 42.5 Å². The van der Waals surface area contributed by atoms with Crippen LogP contribution in [-0.2, 0) is 9.59 Å². The molecule has 0 saturated carbocycles. The quantitative estimate of drug-likeness (QED) is 0.786. The normalized spacial score (nSPS) is 15.1. The van der Waals surface area contributed by atoms with Gasteiger partial charge >= 0.3 is 0 Å². The van der Waals surface area contributed by atoms with Gasteiger partial charge in [-0.3, -0.25) is 9.59 Å². The Morgan fingerprint density at radius 1 is 1.14 bits per heavy atom. The summed E-state index contributed by atoms with van der Waals surface area (Å²) in [5.41, 5.74) is 1.33. The molecule has 8 heteroatoms. The van der Waals surface area contributed by atoms with Gasteiger partial charge in [0.15, 0.2) is 6.10 Å². The van der Waals surface area contributed by atoms with Gasteiger partial charge in [-0.15, -0.1) is 0 Å². The van der Waals surface area contributed by atoms with Crippen molar-refractivity contribution in [3.8, 4) is 17.2 Å². The van der Waals surface area contributed by atoms with E-state index in [4.69, 9.17) is 14.2 Å². The molecule has 0 saturated heterocycles. The lowest BCUT2D eigenvalue weighted by molar-refractivity contribution is -0.127. The number of hydrogen-bond donors (Lipinski definition) is 2. The highest BCUT2D eigenvalue weighted by molar-refractivity contribution is 5.95. The van der Waals surface area contributed by atoms with E-state index >= 15 is 0 Å². The third kappa shape index (κ3) is 4.28. The molecule has 3 rings (SSSR count). The Hall–Kier alpha value is -3.42. The average molecular weight is 385 g/mol. The van der Waals surface area contributed by atoms with E-state index in [0.717, 1.165) is 5.69 Å². The maximum absolute atomic E-state index is 12.7. The van der Waals surface area contributed by atoms with E-state index in [0.29, 0.717) is 22.9 Å². The van der Waals surface area contributed by atoms with Crippen LogP contribution in [0.5, 0.6) is 17.2 Å². The van der Waals surface area contributed by atoms with Gasteiger partial charge in [0.1, 0.15) is 17.2 Å². The predicted molar refractivity (Wildman–Crippen MR) is 105 cm³/mol. The molecule has 2 amide bonds. The third-order valence-electron chi connectivity index (χ3n) is 4.37. The van der Waals surface area contributed by atoms with Gasteiger partial charge in [-0.2, -0.15) is 0 Å². The minimum atomic E-state index is -0.690. The third-order valence-corrected chi connectivity index (χ3v) is 4.37. The van der Waals surface area contributed by atoms with Crippen LogP contribution in [0.1, 0.15) is 0 Å². The molecule has 2 aromatic carbocycles. The lowest BCUT2D eigenvalue weighted by Crippen LogP contribution is -2.50. The van der Waals surface area contributed by atoms with Gasteiger partial charge in [-0.25, -0.2) is 0 Å². The van der Waals surface area contributed by atoms with Crippen molar-refractivity contribution in [2.45, 2.75) is 6.10 Å². The summed E-state index contributed by atoms with van der Waals surface area (Å²) in [4.78, 5) is 26.5. The Morgan fingerprint density at radius 3 is 2.46 bits per heavy atom. The molecule has 0 radical (unpaired) electrons. The maximum atomic E-state index is 12.7. The second-order valence-electron chi connectivity index (χ2n) is 6.22. The average Bonchev–Trinajstić information content (AvgIpc) is 2.72. The van der Waals surface area contributed by atoms with Crippen LogP contribution in [0.2, 0.25) is 0 Å². The van der Waals surface area contributed by atoms with Crippen LogP contribution in [0.15, 0.2) is 42.5 Å². The Bertz CT molecular complexity index is 848. The zero-order valence-corrected chi connectivity index (χ0v) is 16.0. The van der Waals surface area contributed by atoms with Gasteiger partial charge in [0.25, 0.3) is 5.91 Å². The fourth-order valence-electron chi connectivity index (χ4n) is 3.01. The maximum Gasteiger partial charge on any atom is 0.262 e. The van der Waals surface area contributed by atoms with Crippen LogP contribution in [0, 0.1) is 0 Å². The number of ether oxygens (including phenoxy) is 3. The summed E-state index contributed by atoms with van der Waals surface area (Å²) in [7, 11) is 4.65. The monoisotopic (exact) mass is 385 g/mol. The van der Waals surface area contributed by atoms with E-state index < -0.39 is 6.10 Å². The zero-order chi connectivity index (χ0) is 20.1. The molecule has 2 N–H and O–H groups in total. The standard InChI is InChI=1S/C20H23N3O5/c1-21-20(25)18-11-23(16-6-4-5-7-17(16)28-18)12-19(24)22-13-8-14(26-2)10-15(9-13)27-3/h4-10,18H,11-12H2,1-3H3,(H,21,25)(H,22,24). The van der Waals surface area contributed by atoms with E-state index in [1.54, 1.807) is 45.5 Å². The number of nitrogens with zero attached hydrogens (tertiary/aromatic N) is 1. The van der Waals surface area contributed by atoms with Gasteiger partial charge in [-0.05, 0) is 12.1 Å². The first kappa shape index (κ1) is 19.3. The van der Waals surface area contributed by atoms with Crippen molar-refractivity contribution < 1.29 is 23.8 Å². The van der Waals surface area contributed by atoms with Crippen LogP contribution in [0.3, 0.4) is 0 Å². The summed E-state index contributed by atoms with van der Waals surface area (Å²) in [6.07, 6.45) is -0.690. The molecule has 1 unspecified atom stereocenters. The van der Waals surface area contributed by atoms with Crippen LogP contribution >= 0.6 is 0 Å². The van der Waals surface area contributed by atoms with Crippen molar-refractivity contribution >= 4 is 23.2 Å². The number of benzene rings is 2. The molecular formula is C20H23N3O5. The molecule has 1 aliphatic heterocycles. The smallest absolute Gasteiger partial charge is 0.262 e. The number of amides is 2. The molecule has 28 heavy (non-hydrogen) atoms. The Balaban J connectivity index is 1.76. The lowest BCUT2D eigenvalue weighted by Gasteiger charge is -2.35. The predicted octanol–water partition coefficient (Wildman–Crippen LogP) is 1.66. The number of anilines is 2. The zero-order valence-electron chi connectivity index (χ0n) is 16.0. The molecule has 0 bridgehead atoms. The topological polar surface area (TPSA) is 89.1 Å². The molecule has 148 valence electrons. The number of carbonyl (C=O) groups excluding carboxylic acids is 2. The van der Waals surface area contributed by atoms with E-state index in [1.807, 2.05) is 23.1 Å². The summed E-state index contributed by atoms with van der Waals surface area (Å²) >= 11 is 0. The fourth-order valence-corrected chi connectivity index (χ4v) is 3.01. The number of methoxy groups -OCH3 is 2. The minimum absolute atomic E-state index is 0.0629. The first-order chi connectivity index (χ1) is 13.5. The van der Waals surface area contributed by atoms with Crippen molar-refractivity contribution in [2.24, 2.45) is 0 Å². The highest BCUT2D eigenvalue weighted by Crippen LogP contribution is 2.33. The van der Waals surface area contributed by atoms with Crippen molar-refractivity contribution in [1.29, 1.82) is 0 Å². The number of fused-ring (bicyclic) bond motifs is 1. The van der Waals surface area contributed by atoms with Crippen molar-refractivity contribution in [2.75, 3.05) is 44.6 Å². The SMILES string of the molecule is CNC(=O)C1CN(CC(=O)Nc2cc(OC)cc(OC)c2)c2ccccc2O1. The molecule has 1 atom stereocenters. The number of likely N-dealkylation sites (N-methyl/N-ethyl adjacent to an activating group) is 1. The van der Waals surface area contributed by atoms with Gasteiger partial charge in [0, 0.05) is 30.9 Å². The second kappa shape index (κ2) is 8.51. The van der Waals surface area contributed by atoms with E-state index in [1.165, 1.54) is 0 Å². The summed E-state index contributed by atoms with van der Waals surface area (Å²) in [6.45, 7) is 0.332.